The number of amides is 3. The lowest BCUT2D eigenvalue weighted by molar-refractivity contribution is -0.140. The van der Waals surface area contributed by atoms with Crippen LogP contribution in [0.1, 0.15) is 61.2 Å². The second-order valence-corrected chi connectivity index (χ2v) is 10.3. The zero-order valence-electron chi connectivity index (χ0n) is 23.6. The molecular formula is C28H40N6O6. The molecule has 0 aliphatic carbocycles. The molecule has 2 heterocycles. The summed E-state index contributed by atoms with van der Waals surface area (Å²) in [6.45, 7) is 7.80. The number of hydrogen-bond acceptors (Lipinski definition) is 7. The average molecular weight is 557 g/mol. The molecule has 1 aliphatic heterocycles. The predicted molar refractivity (Wildman–Crippen MR) is 147 cm³/mol. The first-order valence-corrected chi connectivity index (χ1v) is 13.5. The Labute approximate surface area is 234 Å². The average Bonchev–Trinajstić information content (AvgIpc) is 3.24. The van der Waals surface area contributed by atoms with Gasteiger partial charge in [-0.15, -0.1) is 0 Å². The first kappa shape index (κ1) is 30.6. The van der Waals surface area contributed by atoms with E-state index in [1.807, 2.05) is 25.1 Å². The first-order chi connectivity index (χ1) is 19.0. The maximum atomic E-state index is 13.4. The maximum absolute atomic E-state index is 13.4. The van der Waals surface area contributed by atoms with E-state index in [0.717, 1.165) is 42.1 Å². The van der Waals surface area contributed by atoms with Gasteiger partial charge in [-0.3, -0.25) is 23.9 Å². The Morgan fingerprint density at radius 1 is 1.18 bits per heavy atom. The normalized spacial score (nSPS) is 16.4. The molecule has 5 N–H and O–H groups in total. The first-order valence-electron chi connectivity index (χ1n) is 13.5. The Morgan fingerprint density at radius 3 is 2.58 bits per heavy atom. The van der Waals surface area contributed by atoms with Crippen molar-refractivity contribution in [3.8, 4) is 5.75 Å². The number of carboxylic acid groups (broad SMARTS) is 1. The van der Waals surface area contributed by atoms with E-state index < -0.39 is 42.2 Å². The van der Waals surface area contributed by atoms with Crippen molar-refractivity contribution in [2.45, 2.75) is 65.1 Å². The quantitative estimate of drug-likeness (QED) is 0.246. The lowest BCUT2D eigenvalue weighted by Gasteiger charge is -2.22. The fourth-order valence-corrected chi connectivity index (χ4v) is 4.60. The second kappa shape index (κ2) is 14.5. The van der Waals surface area contributed by atoms with Crippen LogP contribution in [0.25, 0.3) is 0 Å². The number of carbonyl (C=O) groups excluding carboxylic acids is 3. The predicted octanol–water partition coefficient (Wildman–Crippen LogP) is 1.26. The number of ether oxygens (including phenoxy) is 1. The molecule has 3 rings (SSSR count). The van der Waals surface area contributed by atoms with Gasteiger partial charge in [0.15, 0.2) is 6.04 Å². The molecule has 3 amide bonds. The molecule has 1 aromatic heterocycles. The molecule has 1 saturated heterocycles. The van der Waals surface area contributed by atoms with Crippen LogP contribution in [0.4, 0.5) is 0 Å². The number of nitrogens with one attached hydrogen (secondary N) is 4. The number of piperidine rings is 1. The third-order valence-electron chi connectivity index (χ3n) is 7.02. The zero-order valence-corrected chi connectivity index (χ0v) is 23.6. The highest BCUT2D eigenvalue weighted by molar-refractivity contribution is 5.94. The molecule has 2 aromatic rings. The van der Waals surface area contributed by atoms with Gasteiger partial charge in [-0.05, 0) is 81.4 Å². The summed E-state index contributed by atoms with van der Waals surface area (Å²) in [5, 5.41) is 24.7. The summed E-state index contributed by atoms with van der Waals surface area (Å²) in [5.41, 5.74) is 2.87. The Morgan fingerprint density at radius 2 is 1.95 bits per heavy atom. The van der Waals surface area contributed by atoms with Crippen LogP contribution in [0.5, 0.6) is 5.75 Å². The molecule has 0 saturated carbocycles. The number of rotatable bonds is 13. The monoisotopic (exact) mass is 556 g/mol. The van der Waals surface area contributed by atoms with Crippen molar-refractivity contribution in [1.29, 1.82) is 0 Å². The molecule has 0 radical (unpaired) electrons. The topological polar surface area (TPSA) is 164 Å². The summed E-state index contributed by atoms with van der Waals surface area (Å²) in [4.78, 5) is 49.1. The zero-order chi connectivity index (χ0) is 29.2. The highest BCUT2D eigenvalue weighted by Crippen LogP contribution is 2.20. The molecule has 12 nitrogen and oxygen atoms in total. The number of benzene rings is 1. The molecule has 218 valence electrons. The number of nitrogens with zero attached hydrogens (tertiary/aromatic N) is 2. The fourth-order valence-electron chi connectivity index (χ4n) is 4.60. The van der Waals surface area contributed by atoms with E-state index in [9.17, 15) is 24.3 Å². The van der Waals surface area contributed by atoms with E-state index in [2.05, 4.69) is 26.4 Å². The summed E-state index contributed by atoms with van der Waals surface area (Å²) < 4.78 is 7.56. The van der Waals surface area contributed by atoms with E-state index in [1.165, 1.54) is 19.8 Å². The third kappa shape index (κ3) is 9.08. The highest BCUT2D eigenvalue weighted by Gasteiger charge is 2.30. The minimum atomic E-state index is -1.35. The Balaban J connectivity index is 1.69. The smallest absolute Gasteiger partial charge is 0.305 e. The Bertz CT molecular complexity index is 1170. The maximum Gasteiger partial charge on any atom is 0.305 e. The lowest BCUT2D eigenvalue weighted by Crippen LogP contribution is -2.50. The van der Waals surface area contributed by atoms with Crippen LogP contribution in [0.2, 0.25) is 0 Å². The summed E-state index contributed by atoms with van der Waals surface area (Å²) in [6.07, 6.45) is 2.73. The number of aromatic nitrogens is 2. The third-order valence-corrected chi connectivity index (χ3v) is 7.02. The Hall–Kier alpha value is -3.93. The SMILES string of the molecule is CC(=O)N[C@@H](CC(=O)O)C(=O)NC(C(=O)NCc1cc(OCCC2CCCNC2)ccc1C)c1cc(C)n(C)n1. The van der Waals surface area contributed by atoms with Gasteiger partial charge in [0.1, 0.15) is 11.8 Å². The molecule has 1 aliphatic rings. The number of aliphatic carboxylic acids is 1. The molecule has 1 aromatic carbocycles. The van der Waals surface area contributed by atoms with Gasteiger partial charge in [0, 0.05) is 26.2 Å². The van der Waals surface area contributed by atoms with E-state index in [-0.39, 0.29) is 12.2 Å². The van der Waals surface area contributed by atoms with Crippen LogP contribution >= 0.6 is 0 Å². The lowest BCUT2D eigenvalue weighted by atomic mass is 9.97. The van der Waals surface area contributed by atoms with Gasteiger partial charge in [0.2, 0.25) is 17.7 Å². The number of carboxylic acids is 1. The van der Waals surface area contributed by atoms with Gasteiger partial charge >= 0.3 is 5.97 Å². The molecule has 3 atom stereocenters. The van der Waals surface area contributed by atoms with Crippen molar-refractivity contribution in [2.24, 2.45) is 13.0 Å². The van der Waals surface area contributed by atoms with Gasteiger partial charge in [-0.25, -0.2) is 0 Å². The Kier molecular flexibility index (Phi) is 11.1. The minimum Gasteiger partial charge on any atom is -0.494 e. The van der Waals surface area contributed by atoms with Crippen LogP contribution < -0.4 is 26.0 Å². The van der Waals surface area contributed by atoms with Gasteiger partial charge in [0.05, 0.1) is 18.7 Å². The summed E-state index contributed by atoms with van der Waals surface area (Å²) >= 11 is 0. The molecule has 2 unspecified atom stereocenters. The minimum absolute atomic E-state index is 0.177. The molecule has 0 spiro atoms. The largest absolute Gasteiger partial charge is 0.494 e. The molecule has 1 fully saturated rings. The molecule has 12 heteroatoms. The second-order valence-electron chi connectivity index (χ2n) is 10.3. The molecular weight excluding hydrogens is 516 g/mol. The van der Waals surface area contributed by atoms with Crippen molar-refractivity contribution in [3.63, 3.8) is 0 Å². The molecule has 0 bridgehead atoms. The molecule has 40 heavy (non-hydrogen) atoms. The van der Waals surface area contributed by atoms with Crippen molar-refractivity contribution in [2.75, 3.05) is 19.7 Å². The standard InChI is InChI=1S/C28H40N6O6/c1-17-7-8-22(40-11-9-20-6-5-10-29-15-20)13-21(17)16-30-28(39)26(23-12-18(2)34(4)33-23)32-27(38)24(14-25(36)37)31-19(3)35/h7-8,12-13,20,24,26,29H,5-6,9-11,14-16H2,1-4H3,(H,30,39)(H,31,35)(H,32,38)(H,36,37)/t20?,24-,26?/m0/s1. The van der Waals surface area contributed by atoms with Crippen LogP contribution in [-0.2, 0) is 32.8 Å². The van der Waals surface area contributed by atoms with Crippen molar-refractivity contribution >= 4 is 23.7 Å². The van der Waals surface area contributed by atoms with E-state index in [0.29, 0.717) is 12.5 Å². The summed E-state index contributed by atoms with van der Waals surface area (Å²) in [7, 11) is 1.71. The van der Waals surface area contributed by atoms with Crippen LogP contribution in [0.3, 0.4) is 0 Å². The van der Waals surface area contributed by atoms with Gasteiger partial charge < -0.3 is 31.1 Å². The van der Waals surface area contributed by atoms with Crippen molar-refractivity contribution in [3.05, 3.63) is 46.8 Å². The van der Waals surface area contributed by atoms with Crippen LogP contribution in [0.15, 0.2) is 24.3 Å². The van der Waals surface area contributed by atoms with Crippen molar-refractivity contribution < 1.29 is 29.0 Å². The van der Waals surface area contributed by atoms with Crippen molar-refractivity contribution in [1.82, 2.24) is 31.0 Å². The van der Waals surface area contributed by atoms with Crippen LogP contribution in [0, 0.1) is 19.8 Å². The van der Waals surface area contributed by atoms with E-state index >= 15 is 0 Å². The highest BCUT2D eigenvalue weighted by atomic mass is 16.5. The summed E-state index contributed by atoms with van der Waals surface area (Å²) in [6, 6.07) is 4.84. The number of hydrogen-bond donors (Lipinski definition) is 5. The van der Waals surface area contributed by atoms with Crippen LogP contribution in [-0.4, -0.2) is 64.3 Å². The number of aryl methyl sites for hydroxylation is 3. The van der Waals surface area contributed by atoms with E-state index in [4.69, 9.17) is 4.74 Å². The van der Waals surface area contributed by atoms with E-state index in [1.54, 1.807) is 24.7 Å². The summed E-state index contributed by atoms with van der Waals surface area (Å²) in [5.74, 6) is -1.84. The fraction of sp³-hybridized carbons (Fsp3) is 0.536. The van der Waals surface area contributed by atoms with Gasteiger partial charge in [-0.1, -0.05) is 6.07 Å². The van der Waals surface area contributed by atoms with Gasteiger partial charge in [-0.2, -0.15) is 5.10 Å². The van der Waals surface area contributed by atoms with Gasteiger partial charge in [0.25, 0.3) is 0 Å². The number of carbonyl (C=O) groups is 4.